The van der Waals surface area contributed by atoms with Gasteiger partial charge < -0.3 is 15.1 Å². The van der Waals surface area contributed by atoms with E-state index in [-0.39, 0.29) is 11.9 Å². The number of nitrogens with zero attached hydrogens (tertiary/aromatic N) is 4. The predicted octanol–water partition coefficient (Wildman–Crippen LogP) is 1.53. The molecule has 1 saturated heterocycles. The van der Waals surface area contributed by atoms with Crippen LogP contribution in [0.3, 0.4) is 0 Å². The van der Waals surface area contributed by atoms with Crippen LogP contribution in [0.2, 0.25) is 0 Å². The Hall–Kier alpha value is -1.21. The Morgan fingerprint density at radius 3 is 3.00 bits per heavy atom. The maximum Gasteiger partial charge on any atom is 0.285 e. The molecule has 1 amide bonds. The number of anilines is 1. The van der Waals surface area contributed by atoms with Gasteiger partial charge in [0.25, 0.3) is 5.91 Å². The lowest BCUT2D eigenvalue weighted by Crippen LogP contribution is -2.41. The van der Waals surface area contributed by atoms with Crippen LogP contribution >= 0.6 is 11.3 Å². The molecular weight excluding hydrogens is 274 g/mol. The zero-order chi connectivity index (χ0) is 14.5. The summed E-state index contributed by atoms with van der Waals surface area (Å²) in [6, 6.07) is 0.214. The molecule has 0 saturated carbocycles. The highest BCUT2D eigenvalue weighted by Gasteiger charge is 2.27. The fourth-order valence-corrected chi connectivity index (χ4v) is 3.14. The van der Waals surface area contributed by atoms with Crippen molar-refractivity contribution in [3.05, 3.63) is 5.01 Å². The predicted molar refractivity (Wildman–Crippen MR) is 81.3 cm³/mol. The highest BCUT2D eigenvalue weighted by atomic mass is 32.1. The summed E-state index contributed by atoms with van der Waals surface area (Å²) >= 11 is 1.35. The molecule has 1 aliphatic rings. The third kappa shape index (κ3) is 3.67. The van der Waals surface area contributed by atoms with Crippen LogP contribution in [0.1, 0.15) is 36.5 Å². The van der Waals surface area contributed by atoms with E-state index in [1.54, 1.807) is 0 Å². The topological polar surface area (TPSA) is 61.4 Å². The molecule has 0 bridgehead atoms. The minimum Gasteiger partial charge on any atom is -0.360 e. The lowest BCUT2D eigenvalue weighted by molar-refractivity contribution is 0.0695. The van der Waals surface area contributed by atoms with Crippen LogP contribution in [0.25, 0.3) is 0 Å². The summed E-state index contributed by atoms with van der Waals surface area (Å²) in [6.07, 6.45) is 2.03. The number of carbonyl (C=O) groups excluding carboxylic acids is 1. The standard InChI is InChI=1S/C13H23N5OS/c1-4-6-14-13-16-15-11(20-13)12(19)18-8-5-7-17(3)9-10(18)2/h10H,4-9H2,1-3H3,(H,14,16). The quantitative estimate of drug-likeness (QED) is 0.913. The van der Waals surface area contributed by atoms with Gasteiger partial charge in [0.1, 0.15) is 0 Å². The molecule has 7 heteroatoms. The Balaban J connectivity index is 2.04. The molecule has 6 nitrogen and oxygen atoms in total. The third-order valence-corrected chi connectivity index (χ3v) is 4.31. The zero-order valence-electron chi connectivity index (χ0n) is 12.4. The summed E-state index contributed by atoms with van der Waals surface area (Å²) in [5.74, 6) is 0.00912. The average Bonchev–Trinajstić information content (AvgIpc) is 2.82. The average molecular weight is 297 g/mol. The maximum absolute atomic E-state index is 12.5. The van der Waals surface area contributed by atoms with E-state index in [1.165, 1.54) is 11.3 Å². The van der Waals surface area contributed by atoms with Gasteiger partial charge in [0.05, 0.1) is 0 Å². The van der Waals surface area contributed by atoms with Crippen LogP contribution in [0.15, 0.2) is 0 Å². The van der Waals surface area contributed by atoms with E-state index in [4.69, 9.17) is 0 Å². The van der Waals surface area contributed by atoms with Crippen molar-refractivity contribution in [3.8, 4) is 0 Å². The fourth-order valence-electron chi connectivity index (χ4n) is 2.41. The molecule has 1 aliphatic heterocycles. The number of hydrogen-bond donors (Lipinski definition) is 1. The summed E-state index contributed by atoms with van der Waals surface area (Å²) in [5.41, 5.74) is 0. The largest absolute Gasteiger partial charge is 0.360 e. The van der Waals surface area contributed by atoms with Gasteiger partial charge in [-0.2, -0.15) is 0 Å². The van der Waals surface area contributed by atoms with Crippen LogP contribution in [0.5, 0.6) is 0 Å². The van der Waals surface area contributed by atoms with Crippen molar-refractivity contribution in [2.45, 2.75) is 32.7 Å². The van der Waals surface area contributed by atoms with Crippen molar-refractivity contribution in [2.24, 2.45) is 0 Å². The number of rotatable bonds is 4. The van der Waals surface area contributed by atoms with E-state index in [1.807, 2.05) is 4.90 Å². The molecule has 112 valence electrons. The minimum atomic E-state index is 0.00912. The molecule has 0 spiro atoms. The Morgan fingerprint density at radius 1 is 1.45 bits per heavy atom. The molecule has 1 atom stereocenters. The van der Waals surface area contributed by atoms with Crippen molar-refractivity contribution in [1.29, 1.82) is 0 Å². The molecule has 20 heavy (non-hydrogen) atoms. The van der Waals surface area contributed by atoms with E-state index < -0.39 is 0 Å². The number of carbonyl (C=O) groups is 1. The number of amides is 1. The summed E-state index contributed by atoms with van der Waals surface area (Å²) in [5, 5.41) is 12.4. The summed E-state index contributed by atoms with van der Waals surface area (Å²) in [4.78, 5) is 16.7. The summed E-state index contributed by atoms with van der Waals surface area (Å²) in [7, 11) is 2.10. The smallest absolute Gasteiger partial charge is 0.285 e. The molecular formula is C13H23N5OS. The van der Waals surface area contributed by atoms with Gasteiger partial charge in [0.2, 0.25) is 10.1 Å². The SMILES string of the molecule is CCCNc1nnc(C(=O)N2CCCN(C)CC2C)s1. The van der Waals surface area contributed by atoms with E-state index >= 15 is 0 Å². The van der Waals surface area contributed by atoms with Gasteiger partial charge in [-0.25, -0.2) is 0 Å². The van der Waals surface area contributed by atoms with Crippen LogP contribution in [-0.4, -0.2) is 65.2 Å². The van der Waals surface area contributed by atoms with Crippen LogP contribution < -0.4 is 5.32 Å². The minimum absolute atomic E-state index is 0.00912. The van der Waals surface area contributed by atoms with Gasteiger partial charge in [-0.05, 0) is 33.4 Å². The van der Waals surface area contributed by atoms with Crippen molar-refractivity contribution in [3.63, 3.8) is 0 Å². The molecule has 2 heterocycles. The molecule has 1 N–H and O–H groups in total. The van der Waals surface area contributed by atoms with Crippen molar-refractivity contribution in [2.75, 3.05) is 38.5 Å². The Morgan fingerprint density at radius 2 is 2.25 bits per heavy atom. The molecule has 1 fully saturated rings. The van der Waals surface area contributed by atoms with Gasteiger partial charge in [-0.3, -0.25) is 4.79 Å². The lowest BCUT2D eigenvalue weighted by atomic mass is 10.2. The van der Waals surface area contributed by atoms with Gasteiger partial charge in [-0.1, -0.05) is 18.3 Å². The van der Waals surface area contributed by atoms with E-state index in [0.29, 0.717) is 5.01 Å². The van der Waals surface area contributed by atoms with Gasteiger partial charge in [0, 0.05) is 25.7 Å². The number of aromatic nitrogens is 2. The first-order valence-corrected chi connectivity index (χ1v) is 8.00. The molecule has 1 aromatic heterocycles. The Kier molecular flexibility index (Phi) is 5.31. The first-order valence-electron chi connectivity index (χ1n) is 7.18. The normalized spacial score (nSPS) is 20.8. The van der Waals surface area contributed by atoms with Gasteiger partial charge >= 0.3 is 0 Å². The highest BCUT2D eigenvalue weighted by molar-refractivity contribution is 7.17. The monoisotopic (exact) mass is 297 g/mol. The van der Waals surface area contributed by atoms with E-state index in [2.05, 4.69) is 41.3 Å². The van der Waals surface area contributed by atoms with Crippen LogP contribution in [0, 0.1) is 0 Å². The highest BCUT2D eigenvalue weighted by Crippen LogP contribution is 2.19. The van der Waals surface area contributed by atoms with Gasteiger partial charge in [0.15, 0.2) is 0 Å². The number of nitrogens with one attached hydrogen (secondary N) is 1. The number of likely N-dealkylation sites (N-methyl/N-ethyl adjacent to an activating group) is 1. The molecule has 2 rings (SSSR count). The first-order chi connectivity index (χ1) is 9.61. The maximum atomic E-state index is 12.5. The van der Waals surface area contributed by atoms with Crippen LogP contribution in [0.4, 0.5) is 5.13 Å². The molecule has 1 aromatic rings. The number of hydrogen-bond acceptors (Lipinski definition) is 6. The second-order valence-corrected chi connectivity index (χ2v) is 6.28. The fraction of sp³-hybridized carbons (Fsp3) is 0.769. The first kappa shape index (κ1) is 15.2. The second kappa shape index (κ2) is 6.99. The van der Waals surface area contributed by atoms with Crippen LogP contribution in [-0.2, 0) is 0 Å². The molecule has 0 radical (unpaired) electrons. The van der Waals surface area contributed by atoms with Gasteiger partial charge in [-0.15, -0.1) is 10.2 Å². The molecule has 1 unspecified atom stereocenters. The Bertz CT molecular complexity index is 450. The lowest BCUT2D eigenvalue weighted by Gasteiger charge is -2.26. The zero-order valence-corrected chi connectivity index (χ0v) is 13.2. The summed E-state index contributed by atoms with van der Waals surface area (Å²) in [6.45, 7) is 7.78. The van der Waals surface area contributed by atoms with Crippen molar-refractivity contribution < 1.29 is 4.79 Å². The van der Waals surface area contributed by atoms with E-state index in [0.717, 1.165) is 44.2 Å². The van der Waals surface area contributed by atoms with Crippen molar-refractivity contribution in [1.82, 2.24) is 20.0 Å². The second-order valence-electron chi connectivity index (χ2n) is 5.30. The summed E-state index contributed by atoms with van der Waals surface area (Å²) < 4.78 is 0. The Labute approximate surface area is 124 Å². The van der Waals surface area contributed by atoms with Crippen molar-refractivity contribution >= 4 is 22.4 Å². The molecule has 0 aliphatic carbocycles. The third-order valence-electron chi connectivity index (χ3n) is 3.44. The van der Waals surface area contributed by atoms with E-state index in [9.17, 15) is 4.79 Å². The molecule has 0 aromatic carbocycles.